The molecule has 0 bridgehead atoms. The Bertz CT molecular complexity index is 338. The van der Waals surface area contributed by atoms with Crippen molar-refractivity contribution in [3.63, 3.8) is 0 Å². The number of ether oxygens (including phenoxy) is 1. The van der Waals surface area contributed by atoms with Gasteiger partial charge in [0.25, 0.3) is 0 Å². The fourth-order valence-corrected chi connectivity index (χ4v) is 1.84. The van der Waals surface area contributed by atoms with Gasteiger partial charge >= 0.3 is 5.97 Å². The first-order valence-corrected chi connectivity index (χ1v) is 6.74. The Morgan fingerprint density at radius 1 is 1.30 bits per heavy atom. The van der Waals surface area contributed by atoms with Crippen molar-refractivity contribution >= 4 is 41.6 Å². The largest absolute Gasteiger partial charge is 0.465 e. The number of halogens is 1. The molecule has 20 heavy (non-hydrogen) atoms. The smallest absolute Gasteiger partial charge is 0.325 e. The van der Waals surface area contributed by atoms with E-state index in [9.17, 15) is 9.59 Å². The average molecular weight is 325 g/mol. The molecule has 4 N–H and O–H groups in total. The number of nitrogens with one attached hydrogen (secondary N) is 4. The normalized spacial score (nSPS) is 14.7. The van der Waals surface area contributed by atoms with Crippen molar-refractivity contribution in [3.05, 3.63) is 0 Å². The standard InChI is InChI=1S/C11H20N4O3S.ClH/c1-2-18-9(16)7-13-11(19)15-14-10(17)8-3-5-12-6-4-8;/h8,12H,2-7H2,1H3,(H,14,17)(H2,13,15,19);1H. The third-order valence-corrected chi connectivity index (χ3v) is 2.95. The fourth-order valence-electron chi connectivity index (χ4n) is 1.71. The summed E-state index contributed by atoms with van der Waals surface area (Å²) in [4.78, 5) is 22.8. The highest BCUT2D eigenvalue weighted by atomic mass is 35.5. The minimum Gasteiger partial charge on any atom is -0.465 e. The lowest BCUT2D eigenvalue weighted by molar-refractivity contribution is -0.141. The Balaban J connectivity index is 0.00000361. The van der Waals surface area contributed by atoms with Crippen molar-refractivity contribution in [2.75, 3.05) is 26.2 Å². The van der Waals surface area contributed by atoms with Gasteiger partial charge in [0.2, 0.25) is 5.91 Å². The van der Waals surface area contributed by atoms with E-state index in [4.69, 9.17) is 17.0 Å². The van der Waals surface area contributed by atoms with E-state index in [0.717, 1.165) is 25.9 Å². The van der Waals surface area contributed by atoms with Crippen LogP contribution < -0.4 is 21.5 Å². The maximum Gasteiger partial charge on any atom is 0.325 e. The van der Waals surface area contributed by atoms with E-state index >= 15 is 0 Å². The minimum atomic E-state index is -0.392. The summed E-state index contributed by atoms with van der Waals surface area (Å²) < 4.78 is 4.73. The molecule has 1 saturated heterocycles. The molecule has 0 spiro atoms. The molecule has 116 valence electrons. The highest BCUT2D eigenvalue weighted by Crippen LogP contribution is 2.10. The number of carbonyl (C=O) groups is 2. The van der Waals surface area contributed by atoms with Gasteiger partial charge < -0.3 is 15.4 Å². The lowest BCUT2D eigenvalue weighted by Gasteiger charge is -2.22. The monoisotopic (exact) mass is 324 g/mol. The van der Waals surface area contributed by atoms with Gasteiger partial charge in [-0.1, -0.05) is 0 Å². The molecular formula is C11H21ClN4O3S. The molecule has 7 nitrogen and oxygen atoms in total. The first kappa shape index (κ1) is 18.9. The Kier molecular flexibility index (Phi) is 10.0. The number of hydrazine groups is 1. The maximum atomic E-state index is 11.8. The minimum absolute atomic E-state index is 0. The molecule has 9 heteroatoms. The highest BCUT2D eigenvalue weighted by Gasteiger charge is 2.20. The summed E-state index contributed by atoms with van der Waals surface area (Å²) in [7, 11) is 0. The van der Waals surface area contributed by atoms with Gasteiger partial charge in [-0.3, -0.25) is 20.4 Å². The highest BCUT2D eigenvalue weighted by molar-refractivity contribution is 7.80. The molecule has 0 unspecified atom stereocenters. The lowest BCUT2D eigenvalue weighted by Crippen LogP contribution is -2.50. The van der Waals surface area contributed by atoms with E-state index < -0.39 is 5.97 Å². The van der Waals surface area contributed by atoms with Crippen LogP contribution in [-0.4, -0.2) is 43.2 Å². The van der Waals surface area contributed by atoms with Gasteiger partial charge in [-0.05, 0) is 45.1 Å². The van der Waals surface area contributed by atoms with Crippen LogP contribution in [0, 0.1) is 5.92 Å². The summed E-state index contributed by atoms with van der Waals surface area (Å²) in [6.07, 6.45) is 1.63. The summed E-state index contributed by atoms with van der Waals surface area (Å²) in [5.74, 6) is -0.472. The molecule has 0 radical (unpaired) electrons. The van der Waals surface area contributed by atoms with Crippen LogP contribution in [0.2, 0.25) is 0 Å². The van der Waals surface area contributed by atoms with Gasteiger partial charge in [0.05, 0.1) is 6.61 Å². The second-order valence-corrected chi connectivity index (χ2v) is 4.53. The van der Waals surface area contributed by atoms with Crippen LogP contribution in [0.3, 0.4) is 0 Å². The SMILES string of the molecule is CCOC(=O)CNC(=S)NNC(=O)C1CCNCC1.Cl. The molecule has 0 saturated carbocycles. The second kappa shape index (κ2) is 10.6. The number of carbonyl (C=O) groups excluding carboxylic acids is 2. The number of esters is 1. The number of rotatable bonds is 4. The summed E-state index contributed by atoms with van der Waals surface area (Å²) >= 11 is 4.92. The number of amides is 1. The van der Waals surface area contributed by atoms with Gasteiger partial charge in [-0.2, -0.15) is 0 Å². The summed E-state index contributed by atoms with van der Waals surface area (Å²) in [6, 6.07) is 0. The van der Waals surface area contributed by atoms with E-state index in [-0.39, 0.29) is 35.9 Å². The van der Waals surface area contributed by atoms with Gasteiger partial charge in [-0.15, -0.1) is 12.4 Å². The Morgan fingerprint density at radius 3 is 2.55 bits per heavy atom. The Hall–Kier alpha value is -1.12. The van der Waals surface area contributed by atoms with Gasteiger partial charge in [0, 0.05) is 5.92 Å². The van der Waals surface area contributed by atoms with Crippen LogP contribution in [0.15, 0.2) is 0 Å². The molecule has 0 aromatic rings. The Labute approximate surface area is 130 Å². The third kappa shape index (κ3) is 7.46. The molecule has 1 heterocycles. The van der Waals surface area contributed by atoms with Crippen molar-refractivity contribution in [3.8, 4) is 0 Å². The van der Waals surface area contributed by atoms with Gasteiger partial charge in [-0.25, -0.2) is 0 Å². The van der Waals surface area contributed by atoms with Crippen LogP contribution in [0.25, 0.3) is 0 Å². The third-order valence-electron chi connectivity index (χ3n) is 2.71. The van der Waals surface area contributed by atoms with E-state index in [1.165, 1.54) is 0 Å². The van der Waals surface area contributed by atoms with Crippen molar-refractivity contribution in [1.82, 2.24) is 21.5 Å². The van der Waals surface area contributed by atoms with E-state index in [1.807, 2.05) is 0 Å². The molecule has 1 rings (SSSR count). The lowest BCUT2D eigenvalue weighted by atomic mass is 9.98. The van der Waals surface area contributed by atoms with Crippen molar-refractivity contribution in [2.45, 2.75) is 19.8 Å². The Morgan fingerprint density at radius 2 is 1.95 bits per heavy atom. The molecule has 0 aliphatic carbocycles. The predicted octanol–water partition coefficient (Wildman–Crippen LogP) is -0.534. The number of thiocarbonyl (C=S) groups is 1. The molecule has 0 atom stereocenters. The molecule has 1 aliphatic heterocycles. The zero-order valence-electron chi connectivity index (χ0n) is 11.4. The maximum absolute atomic E-state index is 11.8. The van der Waals surface area contributed by atoms with Crippen LogP contribution >= 0.6 is 24.6 Å². The number of hydrogen-bond acceptors (Lipinski definition) is 5. The van der Waals surface area contributed by atoms with Gasteiger partial charge in [0.1, 0.15) is 6.54 Å². The first-order chi connectivity index (χ1) is 9.13. The van der Waals surface area contributed by atoms with Crippen LogP contribution in [0.5, 0.6) is 0 Å². The molecule has 0 aromatic heterocycles. The summed E-state index contributed by atoms with van der Waals surface area (Å²) in [5, 5.41) is 6.02. The zero-order valence-corrected chi connectivity index (χ0v) is 13.0. The molecule has 1 amide bonds. The molecular weight excluding hydrogens is 304 g/mol. The van der Waals surface area contributed by atoms with Crippen LogP contribution in [0.4, 0.5) is 0 Å². The van der Waals surface area contributed by atoms with Gasteiger partial charge in [0.15, 0.2) is 5.11 Å². The van der Waals surface area contributed by atoms with Crippen molar-refractivity contribution in [2.24, 2.45) is 5.92 Å². The quantitative estimate of drug-likeness (QED) is 0.314. The van der Waals surface area contributed by atoms with E-state index in [2.05, 4.69) is 21.5 Å². The number of piperidine rings is 1. The van der Waals surface area contributed by atoms with Crippen molar-refractivity contribution in [1.29, 1.82) is 0 Å². The number of hydrogen-bond donors (Lipinski definition) is 4. The predicted molar refractivity (Wildman–Crippen MR) is 81.4 cm³/mol. The molecule has 0 aromatic carbocycles. The molecule has 1 fully saturated rings. The van der Waals surface area contributed by atoms with Crippen LogP contribution in [-0.2, 0) is 14.3 Å². The fraction of sp³-hybridized carbons (Fsp3) is 0.727. The summed E-state index contributed by atoms with van der Waals surface area (Å²) in [5.41, 5.74) is 5.11. The molecule has 1 aliphatic rings. The zero-order chi connectivity index (χ0) is 14.1. The van der Waals surface area contributed by atoms with Crippen molar-refractivity contribution < 1.29 is 14.3 Å². The van der Waals surface area contributed by atoms with E-state index in [1.54, 1.807) is 6.92 Å². The van der Waals surface area contributed by atoms with E-state index in [0.29, 0.717) is 6.61 Å². The second-order valence-electron chi connectivity index (χ2n) is 4.13. The average Bonchev–Trinajstić information content (AvgIpc) is 2.44. The van der Waals surface area contributed by atoms with Crippen LogP contribution in [0.1, 0.15) is 19.8 Å². The topological polar surface area (TPSA) is 91.5 Å². The first-order valence-electron chi connectivity index (χ1n) is 6.33. The summed E-state index contributed by atoms with van der Waals surface area (Å²) in [6.45, 7) is 3.73.